The molecule has 0 bridgehead atoms. The minimum Gasteiger partial charge on any atom is -0.369 e. The fraction of sp³-hybridized carbons (Fsp3) is 0.886. The Hall–Kier alpha value is -1.55. The van der Waals surface area contributed by atoms with Gasteiger partial charge in [-0.05, 0) is 83.5 Å². The maximum absolute atomic E-state index is 16.5. The number of fused-ring (bicyclic) bond motifs is 3. The first-order chi connectivity index (χ1) is 21.4. The Morgan fingerprint density at radius 1 is 1.02 bits per heavy atom. The number of likely N-dealkylation sites (N-methyl/N-ethyl adjacent to an activating group) is 1. The Balaban J connectivity index is 1.16. The molecule has 7 aliphatic rings. The minimum atomic E-state index is -1.15. The van der Waals surface area contributed by atoms with E-state index in [1.165, 1.54) is 32.1 Å². The number of alkyl halides is 1. The fourth-order valence-electron chi connectivity index (χ4n) is 10.7. The van der Waals surface area contributed by atoms with Crippen LogP contribution < -0.4 is 5.32 Å². The predicted octanol–water partition coefficient (Wildman–Crippen LogP) is 3.60. The summed E-state index contributed by atoms with van der Waals surface area (Å²) in [5.41, 5.74) is 0.240. The highest BCUT2D eigenvalue weighted by Crippen LogP contribution is 2.51. The van der Waals surface area contributed by atoms with E-state index in [2.05, 4.69) is 45.8 Å². The number of halogens is 1. The van der Waals surface area contributed by atoms with Crippen LogP contribution in [0.1, 0.15) is 84.5 Å². The quantitative estimate of drug-likeness (QED) is 0.420. The van der Waals surface area contributed by atoms with Gasteiger partial charge in [-0.3, -0.25) is 19.4 Å². The molecule has 8 nitrogen and oxygen atoms in total. The maximum atomic E-state index is 16.5. The number of carbonyl (C=O) groups excluding carboxylic acids is 2. The number of nitrogens with zero attached hydrogens (tertiary/aromatic N) is 4. The number of amides is 1. The number of morpholine rings is 1. The monoisotopic (exact) mass is 613 g/mol. The van der Waals surface area contributed by atoms with Crippen LogP contribution in [-0.2, 0) is 14.3 Å². The van der Waals surface area contributed by atoms with Gasteiger partial charge in [0.15, 0.2) is 5.78 Å². The number of carbonyl (C=O) groups is 2. The van der Waals surface area contributed by atoms with Crippen molar-refractivity contribution < 1.29 is 18.7 Å². The van der Waals surface area contributed by atoms with Crippen LogP contribution in [0.25, 0.3) is 0 Å². The van der Waals surface area contributed by atoms with Crippen molar-refractivity contribution in [1.29, 1.82) is 0 Å². The Bertz CT molecular complexity index is 1100. The number of likely N-dealkylation sites (tertiary alicyclic amines) is 2. The van der Waals surface area contributed by atoms with Gasteiger partial charge in [-0.15, -0.1) is 0 Å². The van der Waals surface area contributed by atoms with E-state index >= 15 is 4.39 Å². The van der Waals surface area contributed by atoms with E-state index in [9.17, 15) is 9.59 Å². The van der Waals surface area contributed by atoms with Gasteiger partial charge in [0.25, 0.3) is 5.91 Å². The van der Waals surface area contributed by atoms with Crippen LogP contribution in [0.15, 0.2) is 11.8 Å². The molecule has 1 N–H and O–H groups in total. The molecule has 246 valence electrons. The van der Waals surface area contributed by atoms with Crippen LogP contribution in [-0.4, -0.2) is 126 Å². The lowest BCUT2D eigenvalue weighted by Gasteiger charge is -2.61. The molecule has 6 fully saturated rings. The number of ketones is 1. The van der Waals surface area contributed by atoms with E-state index in [1.54, 1.807) is 0 Å². The largest absolute Gasteiger partial charge is 0.369 e. The van der Waals surface area contributed by atoms with Gasteiger partial charge in [-0.25, -0.2) is 4.39 Å². The van der Waals surface area contributed by atoms with E-state index in [1.807, 2.05) is 6.20 Å². The predicted molar refractivity (Wildman–Crippen MR) is 169 cm³/mol. The van der Waals surface area contributed by atoms with Crippen molar-refractivity contribution in [2.45, 2.75) is 133 Å². The smallest absolute Gasteiger partial charge is 0.256 e. The van der Waals surface area contributed by atoms with E-state index in [0.717, 1.165) is 64.8 Å². The summed E-state index contributed by atoms with van der Waals surface area (Å²) >= 11 is 0. The number of ether oxygens (including phenoxy) is 1. The summed E-state index contributed by atoms with van der Waals surface area (Å²) in [5, 5.41) is 3.09. The number of Topliss-reactive ketones (excluding diaryl/α,β-unsaturated/α-hetero) is 1. The van der Waals surface area contributed by atoms with Crippen molar-refractivity contribution in [2.75, 3.05) is 46.3 Å². The highest BCUT2D eigenvalue weighted by molar-refractivity contribution is 6.20. The first kappa shape index (κ1) is 31.1. The molecule has 44 heavy (non-hydrogen) atoms. The zero-order valence-corrected chi connectivity index (χ0v) is 27.3. The van der Waals surface area contributed by atoms with Gasteiger partial charge in [0, 0.05) is 43.8 Å². The van der Waals surface area contributed by atoms with Crippen LogP contribution >= 0.6 is 0 Å². The lowest BCUT2D eigenvalue weighted by atomic mass is 9.64. The molecule has 11 unspecified atom stereocenters. The molecular formula is C35H56FN5O3. The standard InChI is InChI=1S/C35H56FN5O3/c1-4-39(5-2)25-13-16-40(20-25)32-28(36)19-26-31-34(32)44-30-18-23-10-7-6-9-22(23)17-29(30)41(31)21-27(33(26)42)35(43)37-14-12-24-11-8-15-38(24)3/h21-26,28-32,34H,4-20H2,1-3H3,(H,37,43). The lowest BCUT2D eigenvalue weighted by Crippen LogP contribution is -2.73. The highest BCUT2D eigenvalue weighted by Gasteiger charge is 2.61. The van der Waals surface area contributed by atoms with Gasteiger partial charge in [0.1, 0.15) is 6.17 Å². The van der Waals surface area contributed by atoms with E-state index in [4.69, 9.17) is 4.74 Å². The minimum absolute atomic E-state index is 0.0249. The van der Waals surface area contributed by atoms with Crippen molar-refractivity contribution >= 4 is 11.7 Å². The van der Waals surface area contributed by atoms with Gasteiger partial charge >= 0.3 is 0 Å². The molecule has 7 rings (SSSR count). The molecule has 4 heterocycles. The summed E-state index contributed by atoms with van der Waals surface area (Å²) in [6.07, 6.45) is 12.1. The average molecular weight is 614 g/mol. The molecule has 3 saturated heterocycles. The molecule has 4 aliphatic heterocycles. The number of rotatable bonds is 8. The van der Waals surface area contributed by atoms with Crippen molar-refractivity contribution in [3.8, 4) is 0 Å². The molecule has 0 aromatic carbocycles. The first-order valence-corrected chi connectivity index (χ1v) is 18.2. The molecule has 11 atom stereocenters. The third-order valence-corrected chi connectivity index (χ3v) is 13.1. The van der Waals surface area contributed by atoms with Gasteiger partial charge in [0.2, 0.25) is 0 Å². The summed E-state index contributed by atoms with van der Waals surface area (Å²) in [6, 6.07) is 0.533. The number of hydrogen-bond acceptors (Lipinski definition) is 7. The SMILES string of the molecule is CCN(CC)C1CCN(C2C(F)CC3C(=O)C(C(=O)NCCC4CCCN4C)=CN4C5CC6CCCCC6CC5OC2C34)C1. The van der Waals surface area contributed by atoms with Crippen molar-refractivity contribution in [3.63, 3.8) is 0 Å². The van der Waals surface area contributed by atoms with Gasteiger partial charge < -0.3 is 19.9 Å². The van der Waals surface area contributed by atoms with E-state index in [-0.39, 0.29) is 54.0 Å². The van der Waals surface area contributed by atoms with Crippen LogP contribution in [0, 0.1) is 17.8 Å². The number of hydrogen-bond donors (Lipinski definition) is 1. The Kier molecular flexibility index (Phi) is 9.12. The molecule has 0 aromatic heterocycles. The molecular weight excluding hydrogens is 557 g/mol. The zero-order valence-electron chi connectivity index (χ0n) is 27.3. The van der Waals surface area contributed by atoms with E-state index in [0.29, 0.717) is 30.5 Å². The molecule has 0 radical (unpaired) electrons. The van der Waals surface area contributed by atoms with Crippen molar-refractivity contribution in [3.05, 3.63) is 11.8 Å². The maximum Gasteiger partial charge on any atom is 0.256 e. The summed E-state index contributed by atoms with van der Waals surface area (Å²) in [4.78, 5) is 37.3. The zero-order chi connectivity index (χ0) is 30.5. The normalized spacial score (nSPS) is 42.6. The van der Waals surface area contributed by atoms with Crippen LogP contribution in [0.3, 0.4) is 0 Å². The molecule has 1 amide bonds. The van der Waals surface area contributed by atoms with Crippen LogP contribution in [0.4, 0.5) is 4.39 Å². The molecule has 0 aromatic rings. The van der Waals surface area contributed by atoms with Gasteiger partial charge in [-0.2, -0.15) is 0 Å². The second kappa shape index (κ2) is 12.9. The third-order valence-electron chi connectivity index (χ3n) is 13.1. The van der Waals surface area contributed by atoms with E-state index < -0.39 is 12.1 Å². The first-order valence-electron chi connectivity index (χ1n) is 18.2. The highest BCUT2D eigenvalue weighted by atomic mass is 19.1. The summed E-state index contributed by atoms with van der Waals surface area (Å²) < 4.78 is 23.6. The second-order valence-electron chi connectivity index (χ2n) is 15.2. The van der Waals surface area contributed by atoms with Crippen LogP contribution in [0.2, 0.25) is 0 Å². The fourth-order valence-corrected chi connectivity index (χ4v) is 10.7. The topological polar surface area (TPSA) is 68.4 Å². The third kappa shape index (κ3) is 5.56. The lowest BCUT2D eigenvalue weighted by molar-refractivity contribution is -0.219. The van der Waals surface area contributed by atoms with Gasteiger partial charge in [-0.1, -0.05) is 39.5 Å². The van der Waals surface area contributed by atoms with Crippen molar-refractivity contribution in [1.82, 2.24) is 24.9 Å². The van der Waals surface area contributed by atoms with Crippen LogP contribution in [0.5, 0.6) is 0 Å². The Morgan fingerprint density at radius 2 is 1.80 bits per heavy atom. The van der Waals surface area contributed by atoms with Gasteiger partial charge in [0.05, 0.1) is 35.9 Å². The second-order valence-corrected chi connectivity index (χ2v) is 15.2. The molecule has 3 aliphatic carbocycles. The summed E-state index contributed by atoms with van der Waals surface area (Å²) in [5.74, 6) is 0.357. The molecule has 9 heteroatoms. The Morgan fingerprint density at radius 3 is 2.52 bits per heavy atom. The molecule has 3 saturated carbocycles. The Labute approximate surface area is 264 Å². The summed E-state index contributed by atoms with van der Waals surface area (Å²) in [6.45, 7) is 9.82. The number of nitrogens with one attached hydrogen (secondary N) is 1. The average Bonchev–Trinajstić information content (AvgIpc) is 3.67. The summed E-state index contributed by atoms with van der Waals surface area (Å²) in [7, 11) is 2.15. The van der Waals surface area contributed by atoms with Crippen molar-refractivity contribution in [2.24, 2.45) is 17.8 Å². The molecule has 0 spiro atoms.